The van der Waals surface area contributed by atoms with Crippen LogP contribution in [-0.4, -0.2) is 102 Å². The third-order valence-corrected chi connectivity index (χ3v) is 11.8. The molecule has 0 aliphatic carbocycles. The largest absolute Gasteiger partial charge is 0.445 e. The number of ether oxygens (including phenoxy) is 1. The molecule has 0 bridgehead atoms. The normalized spacial score (nSPS) is 13.7. The second-order valence-corrected chi connectivity index (χ2v) is 18.4. The number of fused-ring (bicyclic) bond motifs is 3. The van der Waals surface area contributed by atoms with Crippen LogP contribution in [0.15, 0.2) is 48.5 Å². The van der Waals surface area contributed by atoms with Gasteiger partial charge in [-0.25, -0.2) is 24.4 Å². The van der Waals surface area contributed by atoms with Gasteiger partial charge in [0.15, 0.2) is 11.6 Å². The molecule has 1 fully saturated rings. The van der Waals surface area contributed by atoms with E-state index in [0.29, 0.717) is 70.8 Å². The van der Waals surface area contributed by atoms with Gasteiger partial charge < -0.3 is 46.2 Å². The van der Waals surface area contributed by atoms with Crippen molar-refractivity contribution >= 4 is 75.1 Å². The number of nitrogens with zero attached hydrogens (tertiary/aromatic N) is 5. The zero-order valence-corrected chi connectivity index (χ0v) is 40.1. The molecule has 69 heavy (non-hydrogen) atoms. The maximum Gasteiger partial charge on any atom is 0.410 e. The number of amides is 6. The lowest BCUT2D eigenvalue weighted by molar-refractivity contribution is -0.197. The number of carbonyl (C=O) groups excluding carboxylic acids is 8. The van der Waals surface area contributed by atoms with Gasteiger partial charge in [0, 0.05) is 62.9 Å². The van der Waals surface area contributed by atoms with E-state index in [-0.39, 0.29) is 94.5 Å². The number of hydrogen-bond acceptors (Lipinski definition) is 14. The number of imide groups is 1. The summed E-state index contributed by atoms with van der Waals surface area (Å²) in [4.78, 5) is 116. The number of benzene rings is 2. The maximum absolute atomic E-state index is 13.8. The Balaban J connectivity index is 1.15. The Morgan fingerprint density at radius 3 is 2.23 bits per heavy atom. The van der Waals surface area contributed by atoms with Crippen LogP contribution in [0, 0.1) is 11.8 Å². The van der Waals surface area contributed by atoms with Crippen LogP contribution in [0.5, 0.6) is 0 Å². The highest BCUT2D eigenvalue weighted by atomic mass is 16.7. The van der Waals surface area contributed by atoms with E-state index in [1.807, 2.05) is 49.6 Å². The fourth-order valence-corrected chi connectivity index (χ4v) is 8.04. The molecule has 1 saturated heterocycles. The Morgan fingerprint density at radius 2 is 1.58 bits per heavy atom. The number of hydroxylamine groups is 2. The Labute approximate surface area is 400 Å². The lowest BCUT2D eigenvalue weighted by Crippen LogP contribution is -2.46. The number of nitrogens with one attached hydrogen (secondary N) is 2. The molecule has 3 heterocycles. The summed E-state index contributed by atoms with van der Waals surface area (Å²) in [7, 11) is 0. The Kier molecular flexibility index (Phi) is 18.7. The third-order valence-electron chi connectivity index (χ3n) is 11.8. The van der Waals surface area contributed by atoms with Gasteiger partial charge in [0.25, 0.3) is 11.8 Å². The van der Waals surface area contributed by atoms with E-state index < -0.39 is 53.4 Å². The zero-order valence-electron chi connectivity index (χ0n) is 40.1. The molecule has 7 N–H and O–H groups in total. The molecular weight excluding hydrogens is 891 g/mol. The van der Waals surface area contributed by atoms with Gasteiger partial charge in [0.05, 0.1) is 35.8 Å². The van der Waals surface area contributed by atoms with Crippen molar-refractivity contribution in [2.24, 2.45) is 17.6 Å². The standard InChI is InChI=1S/C49H65N9O11/c1-6-56(27-39-55-43-44(57(39)29-49(4,5)67)34-14-10-11-15-36(34)53-45(43)50)48(66)68-28-32-20-18-31(19-21-32)25-38(60)37(16-12-24-52-47(51)65)54-46(64)35(30(2)3)26-33(59)13-8-7-9-17-42(63)69-58-40(61)22-23-41(58)62/h10-11,14-15,18-21,30,35,37,67H,6-9,12-13,16-17,22-29H2,1-5H3,(H2,50,53)(H,54,64)(H3,51,52,65)/t35-,37-/m0/s1. The van der Waals surface area contributed by atoms with Gasteiger partial charge >= 0.3 is 18.1 Å². The second kappa shape index (κ2) is 24.4. The van der Waals surface area contributed by atoms with Crippen LogP contribution in [0.1, 0.15) is 116 Å². The molecule has 1 aliphatic heterocycles. The van der Waals surface area contributed by atoms with E-state index >= 15 is 0 Å². The molecule has 2 aromatic carbocycles. The van der Waals surface area contributed by atoms with Crippen LogP contribution in [0.3, 0.4) is 0 Å². The van der Waals surface area contributed by atoms with E-state index in [2.05, 4.69) is 15.6 Å². The van der Waals surface area contributed by atoms with Gasteiger partial charge in [-0.1, -0.05) is 62.7 Å². The minimum Gasteiger partial charge on any atom is -0.445 e. The Bertz CT molecular complexity index is 2500. The van der Waals surface area contributed by atoms with E-state index in [0.717, 1.165) is 5.39 Å². The first-order valence-electron chi connectivity index (χ1n) is 23.4. The van der Waals surface area contributed by atoms with Crippen molar-refractivity contribution in [2.45, 2.75) is 137 Å². The number of imidazole rings is 1. The van der Waals surface area contributed by atoms with Gasteiger partial charge in [0.2, 0.25) is 5.91 Å². The van der Waals surface area contributed by atoms with Gasteiger partial charge in [-0.15, -0.1) is 5.06 Å². The average Bonchev–Trinajstić information content (AvgIpc) is 3.81. The number of aliphatic hydroxyl groups is 1. The summed E-state index contributed by atoms with van der Waals surface area (Å²) in [6.07, 6.45) is 1.34. The molecule has 0 saturated carbocycles. The van der Waals surface area contributed by atoms with Crippen molar-refractivity contribution in [2.75, 3.05) is 18.8 Å². The third kappa shape index (κ3) is 15.3. The zero-order chi connectivity index (χ0) is 50.4. The fourth-order valence-electron chi connectivity index (χ4n) is 8.04. The average molecular weight is 956 g/mol. The number of para-hydroxylation sites is 1. The van der Waals surface area contributed by atoms with Crippen molar-refractivity contribution in [1.29, 1.82) is 0 Å². The lowest BCUT2D eigenvalue weighted by Gasteiger charge is -2.24. The van der Waals surface area contributed by atoms with Gasteiger partial charge in [0.1, 0.15) is 23.7 Å². The molecule has 2 aromatic heterocycles. The first-order chi connectivity index (χ1) is 32.7. The summed E-state index contributed by atoms with van der Waals surface area (Å²) in [6, 6.07) is 12.8. The topological polar surface area (TPSA) is 289 Å². The molecule has 372 valence electrons. The fraction of sp³-hybridized carbons (Fsp3) is 0.510. The first kappa shape index (κ1) is 53.0. The van der Waals surface area contributed by atoms with Gasteiger partial charge in [-0.05, 0) is 69.6 Å². The van der Waals surface area contributed by atoms with Crippen LogP contribution in [0.4, 0.5) is 15.4 Å². The molecule has 0 spiro atoms. The molecule has 2 atom stereocenters. The molecule has 4 aromatic rings. The molecule has 1 aliphatic rings. The molecule has 5 rings (SSSR count). The van der Waals surface area contributed by atoms with E-state index in [1.165, 1.54) is 4.90 Å². The van der Waals surface area contributed by atoms with Crippen LogP contribution < -0.4 is 22.1 Å². The number of ketones is 2. The monoisotopic (exact) mass is 955 g/mol. The van der Waals surface area contributed by atoms with Gasteiger partial charge in [-0.2, -0.15) is 0 Å². The van der Waals surface area contributed by atoms with Crippen LogP contribution in [0.2, 0.25) is 0 Å². The summed E-state index contributed by atoms with van der Waals surface area (Å²) in [5.41, 5.74) is 13.6. The lowest BCUT2D eigenvalue weighted by atomic mass is 9.88. The molecule has 20 heteroatoms. The SMILES string of the molecule is CCN(Cc1nc2c(N)nc3ccccc3c2n1CC(C)(C)O)C(=O)OCc1ccc(CC(=O)[C@H](CCCNC(N)=O)NC(=O)[C@@H](CC(=O)CCCCCC(=O)ON2C(=O)CCC2=O)C(C)C)cc1. The highest BCUT2D eigenvalue weighted by molar-refractivity contribution is 6.06. The number of hydrogen-bond donors (Lipinski definition) is 5. The molecule has 20 nitrogen and oxygen atoms in total. The van der Waals surface area contributed by atoms with Crippen molar-refractivity contribution in [3.8, 4) is 0 Å². The molecular formula is C49H65N9O11. The van der Waals surface area contributed by atoms with Crippen molar-refractivity contribution in [3.05, 3.63) is 65.5 Å². The summed E-state index contributed by atoms with van der Waals surface area (Å²) in [5, 5.41) is 17.5. The smallest absolute Gasteiger partial charge is 0.410 e. The van der Waals surface area contributed by atoms with Gasteiger partial charge in [-0.3, -0.25) is 24.0 Å². The summed E-state index contributed by atoms with van der Waals surface area (Å²) in [6.45, 7) is 9.49. The quantitative estimate of drug-likeness (QED) is 0.0412. The number of rotatable bonds is 26. The van der Waals surface area contributed by atoms with E-state index in [9.17, 15) is 43.5 Å². The van der Waals surface area contributed by atoms with E-state index in [1.54, 1.807) is 38.1 Å². The molecule has 0 unspecified atom stereocenters. The van der Waals surface area contributed by atoms with Crippen molar-refractivity contribution in [3.63, 3.8) is 0 Å². The van der Waals surface area contributed by atoms with Crippen molar-refractivity contribution in [1.82, 2.24) is 35.1 Å². The highest BCUT2D eigenvalue weighted by Crippen LogP contribution is 2.31. The number of nitrogens with two attached hydrogens (primary N) is 2. The summed E-state index contributed by atoms with van der Waals surface area (Å²) < 4.78 is 7.59. The maximum atomic E-state index is 13.8. The number of aromatic nitrogens is 3. The Hall–Kier alpha value is -6.96. The van der Waals surface area contributed by atoms with Crippen LogP contribution >= 0.6 is 0 Å². The molecule has 6 amide bonds. The van der Waals surface area contributed by atoms with E-state index in [4.69, 9.17) is 26.0 Å². The Morgan fingerprint density at radius 1 is 0.913 bits per heavy atom. The number of Topliss-reactive ketones (excluding diaryl/α,β-unsaturated/α-hetero) is 2. The molecule has 0 radical (unpaired) electrons. The predicted molar refractivity (Wildman–Crippen MR) is 254 cm³/mol. The summed E-state index contributed by atoms with van der Waals surface area (Å²) >= 11 is 0. The number of unbranched alkanes of at least 4 members (excludes halogenated alkanes) is 2. The van der Waals surface area contributed by atoms with Crippen molar-refractivity contribution < 1.29 is 53.0 Å². The minimum atomic E-state index is -1.12. The number of primary amides is 1. The second-order valence-electron chi connectivity index (χ2n) is 18.4. The summed E-state index contributed by atoms with van der Waals surface area (Å²) in [5.74, 6) is -2.93. The number of urea groups is 1. The number of carbonyl (C=O) groups is 8. The van der Waals surface area contributed by atoms with Crippen LogP contribution in [0.25, 0.3) is 21.9 Å². The number of pyridine rings is 1. The first-order valence-corrected chi connectivity index (χ1v) is 23.4. The number of anilines is 1. The predicted octanol–water partition coefficient (Wildman–Crippen LogP) is 4.93. The highest BCUT2D eigenvalue weighted by Gasteiger charge is 2.33. The minimum absolute atomic E-state index is 0.00357. The number of nitrogen functional groups attached to an aromatic ring is 1. The van der Waals surface area contributed by atoms with Crippen LogP contribution in [-0.2, 0) is 64.5 Å².